The third kappa shape index (κ3) is 3.67. The van der Waals surface area contributed by atoms with Gasteiger partial charge in [-0.2, -0.15) is 0 Å². The number of halogens is 1. The second kappa shape index (κ2) is 6.35. The van der Waals surface area contributed by atoms with Gasteiger partial charge in [-0.1, -0.05) is 12.1 Å². The van der Waals surface area contributed by atoms with Gasteiger partial charge in [-0.15, -0.1) is 11.3 Å². The van der Waals surface area contributed by atoms with Crippen LogP contribution in [-0.2, 0) is 11.2 Å². The van der Waals surface area contributed by atoms with Gasteiger partial charge in [0, 0.05) is 18.3 Å². The molecular formula is C16H17FN2OS. The number of hydrogen-bond donors (Lipinski definition) is 1. The van der Waals surface area contributed by atoms with Crippen LogP contribution in [0.3, 0.4) is 0 Å². The third-order valence-corrected chi connectivity index (χ3v) is 4.40. The van der Waals surface area contributed by atoms with E-state index in [1.54, 1.807) is 29.0 Å². The van der Waals surface area contributed by atoms with Crippen LogP contribution in [0.4, 0.5) is 4.39 Å². The fourth-order valence-electron chi connectivity index (χ4n) is 2.52. The Hall–Kier alpha value is -1.75. The zero-order valence-corrected chi connectivity index (χ0v) is 12.4. The average molecular weight is 304 g/mol. The minimum Gasteiger partial charge on any atom is -0.355 e. The second-order valence-corrected chi connectivity index (χ2v) is 6.11. The van der Waals surface area contributed by atoms with E-state index in [1.807, 2.05) is 5.38 Å². The number of nitrogens with one attached hydrogen (secondary N) is 1. The zero-order chi connectivity index (χ0) is 14.7. The van der Waals surface area contributed by atoms with Crippen LogP contribution >= 0.6 is 11.3 Å². The molecular weight excluding hydrogens is 287 g/mol. The van der Waals surface area contributed by atoms with Crippen LogP contribution in [-0.4, -0.2) is 17.4 Å². The van der Waals surface area contributed by atoms with Crippen molar-refractivity contribution in [3.05, 3.63) is 52.2 Å². The van der Waals surface area contributed by atoms with Crippen molar-refractivity contribution in [2.45, 2.75) is 25.2 Å². The van der Waals surface area contributed by atoms with Crippen LogP contribution < -0.4 is 5.32 Å². The average Bonchev–Trinajstić information content (AvgIpc) is 3.17. The summed E-state index contributed by atoms with van der Waals surface area (Å²) in [6.07, 6.45) is 2.89. The van der Waals surface area contributed by atoms with E-state index in [4.69, 9.17) is 0 Å². The largest absolute Gasteiger partial charge is 0.355 e. The molecule has 1 amide bonds. The van der Waals surface area contributed by atoms with Crippen molar-refractivity contribution in [1.29, 1.82) is 0 Å². The number of amides is 1. The summed E-state index contributed by atoms with van der Waals surface area (Å²) in [6, 6.07) is 6.29. The van der Waals surface area contributed by atoms with Crippen molar-refractivity contribution in [3.63, 3.8) is 0 Å². The molecule has 1 aromatic carbocycles. The Morgan fingerprint density at radius 2 is 2.14 bits per heavy atom. The predicted octanol–water partition coefficient (Wildman–Crippen LogP) is 3.13. The molecule has 0 radical (unpaired) electrons. The lowest BCUT2D eigenvalue weighted by atomic mass is 9.93. The van der Waals surface area contributed by atoms with Gasteiger partial charge in [0.15, 0.2) is 0 Å². The summed E-state index contributed by atoms with van der Waals surface area (Å²) < 4.78 is 13.0. The molecule has 0 bridgehead atoms. The van der Waals surface area contributed by atoms with Crippen molar-refractivity contribution in [2.75, 3.05) is 6.54 Å². The van der Waals surface area contributed by atoms with Crippen molar-refractivity contribution in [3.8, 4) is 0 Å². The molecule has 1 fully saturated rings. The number of thiazole rings is 1. The molecule has 2 aromatic rings. The molecule has 1 saturated carbocycles. The van der Waals surface area contributed by atoms with E-state index in [-0.39, 0.29) is 17.6 Å². The summed E-state index contributed by atoms with van der Waals surface area (Å²) >= 11 is 1.56. The van der Waals surface area contributed by atoms with Crippen LogP contribution in [0, 0.1) is 11.7 Å². The Bertz CT molecular complexity index is 593. The third-order valence-electron chi connectivity index (χ3n) is 3.77. The predicted molar refractivity (Wildman–Crippen MR) is 80.7 cm³/mol. The molecule has 0 spiro atoms. The summed E-state index contributed by atoms with van der Waals surface area (Å²) in [6.45, 7) is 0.590. The Labute approximate surface area is 127 Å². The Kier molecular flexibility index (Phi) is 4.29. The van der Waals surface area contributed by atoms with Crippen molar-refractivity contribution in [1.82, 2.24) is 10.3 Å². The lowest BCUT2D eigenvalue weighted by Crippen LogP contribution is -2.32. The molecule has 21 heavy (non-hydrogen) atoms. The maximum absolute atomic E-state index is 13.0. The molecule has 0 aliphatic heterocycles. The van der Waals surface area contributed by atoms with Gasteiger partial charge < -0.3 is 5.32 Å². The minimum absolute atomic E-state index is 0.0411. The van der Waals surface area contributed by atoms with Crippen molar-refractivity contribution < 1.29 is 9.18 Å². The summed E-state index contributed by atoms with van der Waals surface area (Å²) in [5.41, 5.74) is 3.71. The summed E-state index contributed by atoms with van der Waals surface area (Å²) in [5, 5.41) is 4.98. The van der Waals surface area contributed by atoms with E-state index in [0.29, 0.717) is 12.5 Å². The second-order valence-electron chi connectivity index (χ2n) is 5.39. The molecule has 1 aliphatic rings. The maximum atomic E-state index is 13.0. The number of benzene rings is 1. The van der Waals surface area contributed by atoms with Gasteiger partial charge in [-0.3, -0.25) is 4.79 Å². The SMILES string of the molecule is O=C(NCCc1cscn1)C(c1ccc(F)cc1)C1CC1. The normalized spacial score (nSPS) is 15.7. The highest BCUT2D eigenvalue weighted by molar-refractivity contribution is 7.07. The highest BCUT2D eigenvalue weighted by Crippen LogP contribution is 2.42. The Balaban J connectivity index is 1.61. The summed E-state index contributed by atoms with van der Waals surface area (Å²) in [4.78, 5) is 16.6. The Morgan fingerprint density at radius 3 is 2.76 bits per heavy atom. The first-order valence-electron chi connectivity index (χ1n) is 7.14. The van der Waals surface area contributed by atoms with E-state index in [9.17, 15) is 9.18 Å². The molecule has 1 atom stereocenters. The smallest absolute Gasteiger partial charge is 0.227 e. The fraction of sp³-hybridized carbons (Fsp3) is 0.375. The molecule has 3 rings (SSSR count). The maximum Gasteiger partial charge on any atom is 0.227 e. The van der Waals surface area contributed by atoms with Gasteiger partial charge >= 0.3 is 0 Å². The van der Waals surface area contributed by atoms with Gasteiger partial charge in [0.05, 0.1) is 17.1 Å². The van der Waals surface area contributed by atoms with Crippen molar-refractivity contribution >= 4 is 17.2 Å². The zero-order valence-electron chi connectivity index (χ0n) is 11.6. The highest BCUT2D eigenvalue weighted by Gasteiger charge is 2.37. The lowest BCUT2D eigenvalue weighted by molar-refractivity contribution is -0.123. The van der Waals surface area contributed by atoms with Gasteiger partial charge in [-0.05, 0) is 36.5 Å². The van der Waals surface area contributed by atoms with E-state index in [2.05, 4.69) is 10.3 Å². The van der Waals surface area contributed by atoms with Gasteiger partial charge in [0.2, 0.25) is 5.91 Å². The Morgan fingerprint density at radius 1 is 1.38 bits per heavy atom. The molecule has 1 N–H and O–H groups in total. The first-order valence-corrected chi connectivity index (χ1v) is 8.08. The summed E-state index contributed by atoms with van der Waals surface area (Å²) in [7, 11) is 0. The first-order chi connectivity index (χ1) is 10.2. The topological polar surface area (TPSA) is 42.0 Å². The number of carbonyl (C=O) groups is 1. The molecule has 1 unspecified atom stereocenters. The van der Waals surface area contributed by atoms with Crippen molar-refractivity contribution in [2.24, 2.45) is 5.92 Å². The summed E-state index contributed by atoms with van der Waals surface area (Å²) in [5.74, 6) is 0.0207. The monoisotopic (exact) mass is 304 g/mol. The van der Waals surface area contributed by atoms with E-state index in [0.717, 1.165) is 30.5 Å². The van der Waals surface area contributed by atoms with Crippen LogP contribution in [0.25, 0.3) is 0 Å². The number of aromatic nitrogens is 1. The lowest BCUT2D eigenvalue weighted by Gasteiger charge is -2.16. The van der Waals surface area contributed by atoms with Crippen LogP contribution in [0.2, 0.25) is 0 Å². The molecule has 110 valence electrons. The standard InChI is InChI=1S/C16H17FN2OS/c17-13-5-3-12(4-6-13)15(11-1-2-11)16(20)18-8-7-14-9-21-10-19-14/h3-6,9-11,15H,1-2,7-8H2,(H,18,20). The van der Waals surface area contributed by atoms with Gasteiger partial charge in [0.25, 0.3) is 0 Å². The molecule has 1 aromatic heterocycles. The minimum atomic E-state index is -0.266. The number of rotatable bonds is 6. The quantitative estimate of drug-likeness (QED) is 0.891. The fourth-order valence-corrected chi connectivity index (χ4v) is 3.11. The van der Waals surface area contributed by atoms with Crippen LogP contribution in [0.15, 0.2) is 35.2 Å². The molecule has 3 nitrogen and oxygen atoms in total. The highest BCUT2D eigenvalue weighted by atomic mass is 32.1. The van der Waals surface area contributed by atoms with E-state index >= 15 is 0 Å². The van der Waals surface area contributed by atoms with Gasteiger partial charge in [-0.25, -0.2) is 9.37 Å². The van der Waals surface area contributed by atoms with Gasteiger partial charge in [0.1, 0.15) is 5.82 Å². The van der Waals surface area contributed by atoms with E-state index in [1.165, 1.54) is 12.1 Å². The molecule has 0 saturated heterocycles. The molecule has 5 heteroatoms. The van der Waals surface area contributed by atoms with E-state index < -0.39 is 0 Å². The number of hydrogen-bond acceptors (Lipinski definition) is 3. The number of carbonyl (C=O) groups excluding carboxylic acids is 1. The number of nitrogens with zero attached hydrogens (tertiary/aromatic N) is 1. The van der Waals surface area contributed by atoms with Crippen LogP contribution in [0.1, 0.15) is 30.0 Å². The van der Waals surface area contributed by atoms with Crippen LogP contribution in [0.5, 0.6) is 0 Å². The first kappa shape index (κ1) is 14.2. The molecule has 1 aliphatic carbocycles. The molecule has 1 heterocycles.